The number of fused-ring (bicyclic) bond motifs is 1. The lowest BCUT2D eigenvalue weighted by Crippen LogP contribution is -2.22. The summed E-state index contributed by atoms with van der Waals surface area (Å²) in [6.45, 7) is 0.611. The molecule has 3 aromatic rings. The zero-order valence-corrected chi connectivity index (χ0v) is 12.3. The Balaban J connectivity index is 1.95. The third-order valence-corrected chi connectivity index (χ3v) is 4.65. The van der Waals surface area contributed by atoms with E-state index in [0.29, 0.717) is 23.6 Å². The first-order chi connectivity index (χ1) is 9.78. The van der Waals surface area contributed by atoms with Gasteiger partial charge in [-0.25, -0.2) is 0 Å². The summed E-state index contributed by atoms with van der Waals surface area (Å²) in [6.07, 6.45) is 2.12. The molecule has 0 bridgehead atoms. The van der Waals surface area contributed by atoms with E-state index in [1.165, 1.54) is 15.9 Å². The molecule has 0 spiro atoms. The number of nitrogens with zero attached hydrogens (tertiary/aromatic N) is 4. The average molecular weight is 307 g/mol. The van der Waals surface area contributed by atoms with Gasteiger partial charge in [0.2, 0.25) is 4.96 Å². The van der Waals surface area contributed by atoms with E-state index in [1.54, 1.807) is 11.3 Å². The van der Waals surface area contributed by atoms with Crippen molar-refractivity contribution in [2.45, 2.75) is 19.3 Å². The molecule has 0 aromatic carbocycles. The van der Waals surface area contributed by atoms with Crippen LogP contribution in [0.2, 0.25) is 0 Å². The van der Waals surface area contributed by atoms with Gasteiger partial charge >= 0.3 is 0 Å². The fourth-order valence-electron chi connectivity index (χ4n) is 1.83. The van der Waals surface area contributed by atoms with Gasteiger partial charge < -0.3 is 5.73 Å². The maximum atomic E-state index is 12.3. The Morgan fingerprint density at radius 2 is 2.25 bits per heavy atom. The lowest BCUT2D eigenvalue weighted by atomic mass is 10.3. The van der Waals surface area contributed by atoms with Crippen molar-refractivity contribution in [3.8, 4) is 0 Å². The molecule has 3 rings (SSSR count). The highest BCUT2D eigenvalue weighted by Crippen LogP contribution is 2.14. The molecule has 0 aliphatic heterocycles. The number of aryl methyl sites for hydroxylation is 1. The first kappa shape index (κ1) is 13.3. The Kier molecular flexibility index (Phi) is 3.86. The SMILES string of the molecule is NCCCc1nn2c(=O)c(Cc3cccs3)nnc2s1. The summed E-state index contributed by atoms with van der Waals surface area (Å²) in [4.78, 5) is 14.0. The summed E-state index contributed by atoms with van der Waals surface area (Å²) in [6, 6.07) is 3.94. The third-order valence-electron chi connectivity index (χ3n) is 2.81. The van der Waals surface area contributed by atoms with Gasteiger partial charge in [0.15, 0.2) is 0 Å². The molecule has 0 aliphatic carbocycles. The highest BCUT2D eigenvalue weighted by atomic mass is 32.1. The van der Waals surface area contributed by atoms with Crippen LogP contribution in [0.5, 0.6) is 0 Å². The largest absolute Gasteiger partial charge is 0.330 e. The molecule has 0 aliphatic rings. The standard InChI is InChI=1S/C12H13N5OS2/c13-5-1-4-10-16-17-11(18)9(14-15-12(17)20-10)7-8-3-2-6-19-8/h2-3,6H,1,4-5,7,13H2. The van der Waals surface area contributed by atoms with Crippen LogP contribution in [0.25, 0.3) is 4.96 Å². The second-order valence-corrected chi connectivity index (χ2v) is 6.36. The molecule has 8 heteroatoms. The second-order valence-electron chi connectivity index (χ2n) is 4.29. The van der Waals surface area contributed by atoms with E-state index in [1.807, 2.05) is 17.5 Å². The van der Waals surface area contributed by atoms with Gasteiger partial charge in [0.05, 0.1) is 0 Å². The molecule has 0 fully saturated rings. The second kappa shape index (κ2) is 5.78. The first-order valence-electron chi connectivity index (χ1n) is 6.24. The van der Waals surface area contributed by atoms with Crippen molar-refractivity contribution in [1.29, 1.82) is 0 Å². The maximum Gasteiger partial charge on any atom is 0.297 e. The predicted molar refractivity (Wildman–Crippen MR) is 79.4 cm³/mol. The van der Waals surface area contributed by atoms with E-state index in [4.69, 9.17) is 5.73 Å². The van der Waals surface area contributed by atoms with Crippen LogP contribution in [-0.2, 0) is 12.8 Å². The zero-order valence-electron chi connectivity index (χ0n) is 10.7. The van der Waals surface area contributed by atoms with Crippen molar-refractivity contribution in [3.05, 3.63) is 43.4 Å². The number of nitrogens with two attached hydrogens (primary N) is 1. The smallest absolute Gasteiger partial charge is 0.297 e. The van der Waals surface area contributed by atoms with Crippen molar-refractivity contribution >= 4 is 27.6 Å². The first-order valence-corrected chi connectivity index (χ1v) is 7.94. The fourth-order valence-corrected chi connectivity index (χ4v) is 3.41. The van der Waals surface area contributed by atoms with Crippen molar-refractivity contribution in [2.75, 3.05) is 6.54 Å². The van der Waals surface area contributed by atoms with Crippen LogP contribution >= 0.6 is 22.7 Å². The summed E-state index contributed by atoms with van der Waals surface area (Å²) in [7, 11) is 0. The van der Waals surface area contributed by atoms with Crippen molar-refractivity contribution in [1.82, 2.24) is 19.8 Å². The van der Waals surface area contributed by atoms with Gasteiger partial charge in [-0.15, -0.1) is 21.5 Å². The predicted octanol–water partition coefficient (Wildman–Crippen LogP) is 1.09. The van der Waals surface area contributed by atoms with Crippen LogP contribution in [0.1, 0.15) is 22.0 Å². The number of thiophene rings is 1. The Labute approximate surface area is 122 Å². The van der Waals surface area contributed by atoms with Gasteiger partial charge in [-0.1, -0.05) is 17.4 Å². The molecule has 0 radical (unpaired) electrons. The zero-order chi connectivity index (χ0) is 13.9. The van der Waals surface area contributed by atoms with Crippen LogP contribution in [0.4, 0.5) is 0 Å². The molecular weight excluding hydrogens is 294 g/mol. The molecule has 104 valence electrons. The highest BCUT2D eigenvalue weighted by molar-refractivity contribution is 7.16. The molecule has 3 heterocycles. The molecule has 0 atom stereocenters. The molecule has 20 heavy (non-hydrogen) atoms. The summed E-state index contributed by atoms with van der Waals surface area (Å²) in [5.41, 5.74) is 5.73. The van der Waals surface area contributed by atoms with Crippen LogP contribution in [-0.4, -0.2) is 26.4 Å². The van der Waals surface area contributed by atoms with E-state index < -0.39 is 0 Å². The number of hydrogen-bond acceptors (Lipinski definition) is 7. The minimum Gasteiger partial charge on any atom is -0.330 e. The summed E-state index contributed by atoms with van der Waals surface area (Å²) in [5, 5.41) is 15.3. The van der Waals surface area contributed by atoms with Crippen LogP contribution in [0, 0.1) is 0 Å². The molecule has 6 nitrogen and oxygen atoms in total. The summed E-state index contributed by atoms with van der Waals surface area (Å²) < 4.78 is 1.35. The fraction of sp³-hybridized carbons (Fsp3) is 0.333. The Morgan fingerprint density at radius 1 is 1.35 bits per heavy atom. The highest BCUT2D eigenvalue weighted by Gasteiger charge is 2.12. The third kappa shape index (κ3) is 2.62. The molecule has 2 N–H and O–H groups in total. The minimum atomic E-state index is -0.182. The minimum absolute atomic E-state index is 0.182. The van der Waals surface area contributed by atoms with Crippen LogP contribution in [0.15, 0.2) is 22.3 Å². The van der Waals surface area contributed by atoms with Crippen molar-refractivity contribution in [2.24, 2.45) is 5.73 Å². The van der Waals surface area contributed by atoms with Crippen LogP contribution in [0.3, 0.4) is 0 Å². The maximum absolute atomic E-state index is 12.3. The topological polar surface area (TPSA) is 86.2 Å². The lowest BCUT2D eigenvalue weighted by Gasteiger charge is -1.96. The Bertz CT molecular complexity index is 762. The van der Waals surface area contributed by atoms with Gasteiger partial charge in [-0.05, 0) is 24.4 Å². The number of rotatable bonds is 5. The van der Waals surface area contributed by atoms with E-state index in [2.05, 4.69) is 15.3 Å². The summed E-state index contributed by atoms with van der Waals surface area (Å²) >= 11 is 2.99. The molecule has 3 aromatic heterocycles. The Hall–Kier alpha value is -1.64. The van der Waals surface area contributed by atoms with Gasteiger partial charge in [0, 0.05) is 17.7 Å². The molecular formula is C12H13N5OS2. The normalized spacial score (nSPS) is 11.2. The van der Waals surface area contributed by atoms with E-state index >= 15 is 0 Å². The van der Waals surface area contributed by atoms with Gasteiger partial charge in [-0.2, -0.15) is 9.61 Å². The number of aromatic nitrogens is 4. The summed E-state index contributed by atoms with van der Waals surface area (Å²) in [5.74, 6) is 0. The van der Waals surface area contributed by atoms with E-state index in [-0.39, 0.29) is 5.56 Å². The number of hydrogen-bond donors (Lipinski definition) is 1. The monoisotopic (exact) mass is 307 g/mol. The molecule has 0 saturated carbocycles. The van der Waals surface area contributed by atoms with Gasteiger partial charge in [0.1, 0.15) is 10.7 Å². The van der Waals surface area contributed by atoms with Gasteiger partial charge in [-0.3, -0.25) is 4.79 Å². The molecule has 0 unspecified atom stereocenters. The molecule has 0 amide bonds. The average Bonchev–Trinajstić information content (AvgIpc) is 3.09. The van der Waals surface area contributed by atoms with Crippen molar-refractivity contribution in [3.63, 3.8) is 0 Å². The lowest BCUT2D eigenvalue weighted by molar-refractivity contribution is 0.764. The van der Waals surface area contributed by atoms with Gasteiger partial charge in [0.25, 0.3) is 5.56 Å². The quantitative estimate of drug-likeness (QED) is 0.762. The van der Waals surface area contributed by atoms with Crippen LogP contribution < -0.4 is 11.3 Å². The van der Waals surface area contributed by atoms with E-state index in [9.17, 15) is 4.79 Å². The molecule has 0 saturated heterocycles. The van der Waals surface area contributed by atoms with Crippen molar-refractivity contribution < 1.29 is 0 Å². The van der Waals surface area contributed by atoms with E-state index in [0.717, 1.165) is 22.7 Å². The Morgan fingerprint density at radius 3 is 3.00 bits per heavy atom.